The van der Waals surface area contributed by atoms with Crippen LogP contribution in [0.15, 0.2) is 54.9 Å². The van der Waals surface area contributed by atoms with Crippen molar-refractivity contribution in [2.24, 2.45) is 0 Å². The molecule has 9 heteroatoms. The largest absolute Gasteiger partial charge is 0.354 e. The summed E-state index contributed by atoms with van der Waals surface area (Å²) < 4.78 is 42.2. The van der Waals surface area contributed by atoms with Crippen molar-refractivity contribution in [3.8, 4) is 5.82 Å². The summed E-state index contributed by atoms with van der Waals surface area (Å²) in [6, 6.07) is 11.5. The Hall–Kier alpha value is -2.78. The lowest BCUT2D eigenvalue weighted by molar-refractivity contribution is 0.383. The van der Waals surface area contributed by atoms with Crippen LogP contribution in [-0.2, 0) is 15.8 Å². The van der Waals surface area contributed by atoms with Crippen molar-refractivity contribution in [2.75, 3.05) is 31.1 Å². The summed E-state index contributed by atoms with van der Waals surface area (Å²) >= 11 is 0. The number of halogens is 1. The topological polar surface area (TPSA) is 71.3 Å². The van der Waals surface area contributed by atoms with Crippen LogP contribution in [0.4, 0.5) is 10.2 Å². The van der Waals surface area contributed by atoms with Gasteiger partial charge in [0.15, 0.2) is 0 Å². The van der Waals surface area contributed by atoms with Gasteiger partial charge in [-0.1, -0.05) is 12.1 Å². The van der Waals surface area contributed by atoms with Crippen molar-refractivity contribution in [3.63, 3.8) is 0 Å². The first-order valence-electron chi connectivity index (χ1n) is 9.37. The van der Waals surface area contributed by atoms with Gasteiger partial charge in [-0.2, -0.15) is 4.31 Å². The standard InChI is InChI=1S/C20H22FN5O2S/c1-16-22-19(24-7-2-3-8-24)14-20(23-16)25-9-11-26(12-10-25)29(27,28)15-17-5-4-6-18(21)13-17/h2-8,13-14H,9-12,15H2,1H3. The van der Waals surface area contributed by atoms with Crippen molar-refractivity contribution < 1.29 is 12.8 Å². The van der Waals surface area contributed by atoms with Crippen LogP contribution in [0.5, 0.6) is 0 Å². The summed E-state index contributed by atoms with van der Waals surface area (Å²) in [6.07, 6.45) is 3.84. The molecule has 0 N–H and O–H groups in total. The Morgan fingerprint density at radius 2 is 1.66 bits per heavy atom. The SMILES string of the molecule is Cc1nc(N2CCN(S(=O)(=O)Cc3cccc(F)c3)CC2)cc(-n2cccc2)n1. The second-order valence-electron chi connectivity index (χ2n) is 6.99. The maximum absolute atomic E-state index is 13.4. The Balaban J connectivity index is 1.45. The molecule has 1 aromatic carbocycles. The Labute approximate surface area is 169 Å². The van der Waals surface area contributed by atoms with Gasteiger partial charge in [0.05, 0.1) is 5.75 Å². The van der Waals surface area contributed by atoms with Gasteiger partial charge in [-0.15, -0.1) is 0 Å². The average molecular weight is 415 g/mol. The van der Waals surface area contributed by atoms with Crippen LogP contribution < -0.4 is 4.90 Å². The molecule has 0 spiro atoms. The quantitative estimate of drug-likeness (QED) is 0.640. The number of rotatable bonds is 5. The fraction of sp³-hybridized carbons (Fsp3) is 0.300. The van der Waals surface area contributed by atoms with Crippen LogP contribution in [0.3, 0.4) is 0 Å². The Kier molecular flexibility index (Phi) is 5.33. The molecule has 7 nitrogen and oxygen atoms in total. The number of piperazine rings is 1. The molecule has 1 fully saturated rings. The molecule has 1 aliphatic heterocycles. The van der Waals surface area contributed by atoms with Gasteiger partial charge >= 0.3 is 0 Å². The number of hydrogen-bond donors (Lipinski definition) is 0. The lowest BCUT2D eigenvalue weighted by atomic mass is 10.2. The minimum Gasteiger partial charge on any atom is -0.354 e. The molecule has 0 atom stereocenters. The minimum absolute atomic E-state index is 0.199. The van der Waals surface area contributed by atoms with Gasteiger partial charge in [-0.3, -0.25) is 0 Å². The first kappa shape index (κ1) is 19.5. The fourth-order valence-electron chi connectivity index (χ4n) is 3.44. The molecule has 3 heterocycles. The normalized spacial score (nSPS) is 15.6. The van der Waals surface area contributed by atoms with Gasteiger partial charge in [0.1, 0.15) is 23.3 Å². The van der Waals surface area contributed by atoms with E-state index in [1.807, 2.05) is 42.1 Å². The molecule has 0 aliphatic carbocycles. The molecular weight excluding hydrogens is 393 g/mol. The molecule has 0 unspecified atom stereocenters. The van der Waals surface area contributed by atoms with Gasteiger partial charge < -0.3 is 9.47 Å². The summed E-state index contributed by atoms with van der Waals surface area (Å²) in [5, 5.41) is 0. The Bertz CT molecular complexity index is 1090. The predicted molar refractivity (Wildman–Crippen MR) is 109 cm³/mol. The van der Waals surface area contributed by atoms with E-state index in [0.29, 0.717) is 37.6 Å². The zero-order chi connectivity index (χ0) is 20.4. The van der Waals surface area contributed by atoms with Crippen molar-refractivity contribution in [3.05, 3.63) is 72.1 Å². The monoisotopic (exact) mass is 415 g/mol. The van der Waals surface area contributed by atoms with Crippen molar-refractivity contribution in [1.82, 2.24) is 18.8 Å². The number of nitrogens with zero attached hydrogens (tertiary/aromatic N) is 5. The van der Waals surface area contributed by atoms with Crippen molar-refractivity contribution >= 4 is 15.8 Å². The summed E-state index contributed by atoms with van der Waals surface area (Å²) in [5.74, 6) is 1.59. The molecule has 3 aromatic rings. The highest BCUT2D eigenvalue weighted by Crippen LogP contribution is 2.20. The smallest absolute Gasteiger partial charge is 0.218 e. The number of anilines is 1. The molecule has 0 amide bonds. The lowest BCUT2D eigenvalue weighted by Crippen LogP contribution is -2.49. The lowest BCUT2D eigenvalue weighted by Gasteiger charge is -2.34. The van der Waals surface area contributed by atoms with E-state index >= 15 is 0 Å². The van der Waals surface area contributed by atoms with E-state index in [9.17, 15) is 12.8 Å². The first-order valence-corrected chi connectivity index (χ1v) is 11.0. The number of sulfonamides is 1. The second kappa shape index (κ2) is 7.92. The average Bonchev–Trinajstić information content (AvgIpc) is 3.22. The third kappa shape index (κ3) is 4.46. The third-order valence-corrected chi connectivity index (χ3v) is 6.72. The molecule has 152 valence electrons. The molecule has 1 saturated heterocycles. The van der Waals surface area contributed by atoms with Crippen LogP contribution in [0, 0.1) is 12.7 Å². The molecule has 0 radical (unpaired) electrons. The van der Waals surface area contributed by atoms with Crippen molar-refractivity contribution in [1.29, 1.82) is 0 Å². The van der Waals surface area contributed by atoms with E-state index in [1.165, 1.54) is 22.5 Å². The maximum Gasteiger partial charge on any atom is 0.218 e. The summed E-state index contributed by atoms with van der Waals surface area (Å²) in [5.41, 5.74) is 0.454. The Morgan fingerprint density at radius 3 is 2.34 bits per heavy atom. The van der Waals surface area contributed by atoms with Crippen LogP contribution >= 0.6 is 0 Å². The highest BCUT2D eigenvalue weighted by molar-refractivity contribution is 7.88. The molecular formula is C20H22FN5O2S. The van der Waals surface area contributed by atoms with E-state index in [0.717, 1.165) is 11.6 Å². The molecule has 2 aromatic heterocycles. The summed E-state index contributed by atoms with van der Waals surface area (Å²) in [7, 11) is -3.51. The van der Waals surface area contributed by atoms with Crippen LogP contribution in [0.2, 0.25) is 0 Å². The highest BCUT2D eigenvalue weighted by Gasteiger charge is 2.28. The number of aryl methyl sites for hydroxylation is 1. The van der Waals surface area contributed by atoms with Gasteiger partial charge in [0.25, 0.3) is 0 Å². The van der Waals surface area contributed by atoms with E-state index in [4.69, 9.17) is 0 Å². The number of hydrogen-bond acceptors (Lipinski definition) is 5. The summed E-state index contributed by atoms with van der Waals surface area (Å²) in [6.45, 7) is 3.63. The minimum atomic E-state index is -3.51. The van der Waals surface area contributed by atoms with E-state index in [1.54, 1.807) is 6.07 Å². The predicted octanol–water partition coefficient (Wildman–Crippen LogP) is 2.37. The van der Waals surface area contributed by atoms with E-state index in [-0.39, 0.29) is 5.75 Å². The van der Waals surface area contributed by atoms with Crippen molar-refractivity contribution in [2.45, 2.75) is 12.7 Å². The van der Waals surface area contributed by atoms with Gasteiger partial charge in [0.2, 0.25) is 10.0 Å². The fourth-order valence-corrected chi connectivity index (χ4v) is 4.95. The van der Waals surface area contributed by atoms with Crippen LogP contribution in [0.25, 0.3) is 5.82 Å². The molecule has 29 heavy (non-hydrogen) atoms. The van der Waals surface area contributed by atoms with Gasteiger partial charge in [-0.25, -0.2) is 22.8 Å². The molecule has 0 saturated carbocycles. The molecule has 0 bridgehead atoms. The van der Waals surface area contributed by atoms with Gasteiger partial charge in [-0.05, 0) is 36.8 Å². The first-order chi connectivity index (χ1) is 13.9. The second-order valence-corrected chi connectivity index (χ2v) is 8.96. The zero-order valence-corrected chi connectivity index (χ0v) is 16.9. The van der Waals surface area contributed by atoms with E-state index in [2.05, 4.69) is 14.9 Å². The summed E-state index contributed by atoms with van der Waals surface area (Å²) in [4.78, 5) is 11.1. The van der Waals surface area contributed by atoms with E-state index < -0.39 is 15.8 Å². The van der Waals surface area contributed by atoms with Crippen LogP contribution in [0.1, 0.15) is 11.4 Å². The number of aromatic nitrogens is 3. The molecule has 1 aliphatic rings. The zero-order valence-electron chi connectivity index (χ0n) is 16.1. The molecule has 4 rings (SSSR count). The van der Waals surface area contributed by atoms with Crippen LogP contribution in [-0.4, -0.2) is 53.4 Å². The highest BCUT2D eigenvalue weighted by atomic mass is 32.2. The maximum atomic E-state index is 13.4. The third-order valence-electron chi connectivity index (χ3n) is 4.87. The Morgan fingerprint density at radius 1 is 0.966 bits per heavy atom. The number of benzene rings is 1. The van der Waals surface area contributed by atoms with Gasteiger partial charge in [0, 0.05) is 44.6 Å².